The molecule has 0 aliphatic heterocycles. The third kappa shape index (κ3) is 1.97. The molecule has 16 heavy (non-hydrogen) atoms. The van der Waals surface area contributed by atoms with Crippen molar-refractivity contribution in [3.8, 4) is 11.1 Å². The van der Waals surface area contributed by atoms with Gasteiger partial charge in [0.05, 0.1) is 0 Å². The summed E-state index contributed by atoms with van der Waals surface area (Å²) in [5.41, 5.74) is 1.18. The first-order valence-corrected chi connectivity index (χ1v) is 6.32. The van der Waals surface area contributed by atoms with Crippen molar-refractivity contribution in [1.82, 2.24) is 3.97 Å². The summed E-state index contributed by atoms with van der Waals surface area (Å²) in [6.45, 7) is 0. The van der Waals surface area contributed by atoms with Crippen LogP contribution in [0, 0.1) is 0 Å². The van der Waals surface area contributed by atoms with Gasteiger partial charge < -0.3 is 0 Å². The highest BCUT2D eigenvalue weighted by Gasteiger charge is 2.06. The van der Waals surface area contributed by atoms with Crippen LogP contribution < -0.4 is 5.56 Å². The van der Waals surface area contributed by atoms with Crippen molar-refractivity contribution in [2.24, 2.45) is 0 Å². The second kappa shape index (κ2) is 4.45. The predicted molar refractivity (Wildman–Crippen MR) is 65.6 cm³/mol. The van der Waals surface area contributed by atoms with Gasteiger partial charge in [-0.25, -0.2) is 8.18 Å². The highest BCUT2D eigenvalue weighted by Crippen LogP contribution is 2.13. The average molecular weight is 233 g/mol. The fourth-order valence-corrected chi connectivity index (χ4v) is 2.09. The van der Waals surface area contributed by atoms with Gasteiger partial charge in [-0.05, 0) is 17.7 Å². The minimum Gasteiger partial charge on any atom is -0.268 e. The monoisotopic (exact) mass is 233 g/mol. The average Bonchev–Trinajstić information content (AvgIpc) is 2.30. The van der Waals surface area contributed by atoms with Gasteiger partial charge in [0.25, 0.3) is 5.56 Å². The Labute approximate surface area is 96.0 Å². The summed E-state index contributed by atoms with van der Waals surface area (Å²) < 4.78 is 12.5. The summed E-state index contributed by atoms with van der Waals surface area (Å²) >= 11 is 0. The Hall–Kier alpha value is -1.68. The Morgan fingerprint density at radius 1 is 1.06 bits per heavy atom. The van der Waals surface area contributed by atoms with Crippen molar-refractivity contribution >= 4 is 11.0 Å². The van der Waals surface area contributed by atoms with Gasteiger partial charge in [-0.15, -0.1) is 0 Å². The zero-order valence-corrected chi connectivity index (χ0v) is 9.61. The molecule has 0 amide bonds. The maximum absolute atomic E-state index is 12.0. The lowest BCUT2D eigenvalue weighted by molar-refractivity contribution is 0.680. The molecule has 0 saturated heterocycles. The molecule has 0 radical (unpaired) electrons. The summed E-state index contributed by atoms with van der Waals surface area (Å²) in [6, 6.07) is 12.8. The van der Waals surface area contributed by atoms with Crippen LogP contribution in [0.15, 0.2) is 53.5 Å². The van der Waals surface area contributed by atoms with E-state index in [9.17, 15) is 9.00 Å². The van der Waals surface area contributed by atoms with Crippen LogP contribution >= 0.6 is 0 Å². The normalized spacial score (nSPS) is 12.3. The van der Waals surface area contributed by atoms with Crippen molar-refractivity contribution in [3.05, 3.63) is 59.0 Å². The summed E-state index contributed by atoms with van der Waals surface area (Å²) in [5.74, 6) is 0. The highest BCUT2D eigenvalue weighted by atomic mass is 32.2. The Morgan fingerprint density at radius 3 is 2.38 bits per heavy atom. The molecule has 1 unspecified atom stereocenters. The van der Waals surface area contributed by atoms with E-state index in [0.29, 0.717) is 5.56 Å². The fourth-order valence-electron chi connectivity index (χ4n) is 1.52. The lowest BCUT2D eigenvalue weighted by Crippen LogP contribution is -2.22. The molecular weight excluding hydrogens is 222 g/mol. The number of hydrogen-bond acceptors (Lipinski definition) is 2. The van der Waals surface area contributed by atoms with Crippen molar-refractivity contribution in [2.75, 3.05) is 6.26 Å². The van der Waals surface area contributed by atoms with E-state index in [4.69, 9.17) is 0 Å². The molecule has 1 heterocycles. The highest BCUT2D eigenvalue weighted by molar-refractivity contribution is 7.82. The molecule has 3 nitrogen and oxygen atoms in total. The third-order valence-corrected chi connectivity index (χ3v) is 3.12. The zero-order valence-electron chi connectivity index (χ0n) is 8.79. The van der Waals surface area contributed by atoms with Crippen LogP contribution in [0.4, 0.5) is 0 Å². The maximum atomic E-state index is 12.0. The molecule has 0 saturated carbocycles. The lowest BCUT2D eigenvalue weighted by Gasteiger charge is -2.04. The zero-order chi connectivity index (χ0) is 11.5. The van der Waals surface area contributed by atoms with Gasteiger partial charge in [0.1, 0.15) is 11.0 Å². The molecule has 1 aromatic heterocycles. The maximum Gasteiger partial charge on any atom is 0.270 e. The van der Waals surface area contributed by atoms with E-state index in [0.717, 1.165) is 5.56 Å². The molecule has 1 atom stereocenters. The fraction of sp³-hybridized carbons (Fsp3) is 0.0833. The standard InChI is InChI=1S/C12H11NO2S/c1-16(15)13-9-5-8-11(12(13)14)10-6-3-2-4-7-10/h2-9H,1H3. The van der Waals surface area contributed by atoms with Crippen LogP contribution in [0.5, 0.6) is 0 Å². The topological polar surface area (TPSA) is 39.1 Å². The quantitative estimate of drug-likeness (QED) is 0.791. The Bertz CT molecular complexity index is 575. The summed E-state index contributed by atoms with van der Waals surface area (Å²) in [7, 11) is -1.32. The van der Waals surface area contributed by atoms with Crippen LogP contribution in [0.25, 0.3) is 11.1 Å². The number of nitrogens with zero attached hydrogens (tertiary/aromatic N) is 1. The lowest BCUT2D eigenvalue weighted by atomic mass is 10.1. The molecule has 1 aromatic carbocycles. The SMILES string of the molecule is CS(=O)n1cccc(-c2ccccc2)c1=O. The van der Waals surface area contributed by atoms with E-state index >= 15 is 0 Å². The van der Waals surface area contributed by atoms with Gasteiger partial charge in [-0.1, -0.05) is 30.3 Å². The predicted octanol–water partition coefficient (Wildman–Crippen LogP) is 1.66. The first kappa shape index (κ1) is 10.8. The summed E-state index contributed by atoms with van der Waals surface area (Å²) in [4.78, 5) is 12.0. The van der Waals surface area contributed by atoms with Crippen molar-refractivity contribution in [1.29, 1.82) is 0 Å². The first-order chi connectivity index (χ1) is 7.70. The molecule has 0 spiro atoms. The Kier molecular flexibility index (Phi) is 3.01. The molecule has 2 aromatic rings. The summed E-state index contributed by atoms with van der Waals surface area (Å²) in [5, 5.41) is 0. The Morgan fingerprint density at radius 2 is 1.75 bits per heavy atom. The second-order valence-corrected chi connectivity index (χ2v) is 4.58. The van der Waals surface area contributed by atoms with Crippen LogP contribution in [0.2, 0.25) is 0 Å². The van der Waals surface area contributed by atoms with E-state index < -0.39 is 11.0 Å². The van der Waals surface area contributed by atoms with Crippen LogP contribution in [0.1, 0.15) is 0 Å². The van der Waals surface area contributed by atoms with E-state index in [1.807, 2.05) is 30.3 Å². The number of benzene rings is 1. The first-order valence-electron chi connectivity index (χ1n) is 4.81. The molecule has 2 rings (SSSR count). The van der Waals surface area contributed by atoms with E-state index in [1.165, 1.54) is 16.4 Å². The van der Waals surface area contributed by atoms with E-state index in [1.54, 1.807) is 12.1 Å². The van der Waals surface area contributed by atoms with Gasteiger partial charge in [0, 0.05) is 18.0 Å². The van der Waals surface area contributed by atoms with Crippen LogP contribution in [-0.4, -0.2) is 14.4 Å². The minimum absolute atomic E-state index is 0.227. The number of hydrogen-bond donors (Lipinski definition) is 0. The molecule has 4 heteroatoms. The van der Waals surface area contributed by atoms with Gasteiger partial charge in [-0.3, -0.25) is 4.79 Å². The molecule has 0 N–H and O–H groups in total. The van der Waals surface area contributed by atoms with Gasteiger partial charge in [0.15, 0.2) is 0 Å². The smallest absolute Gasteiger partial charge is 0.268 e. The molecular formula is C12H11NO2S. The van der Waals surface area contributed by atoms with Gasteiger partial charge in [-0.2, -0.15) is 0 Å². The summed E-state index contributed by atoms with van der Waals surface area (Å²) in [6.07, 6.45) is 3.01. The van der Waals surface area contributed by atoms with Crippen molar-refractivity contribution < 1.29 is 4.21 Å². The van der Waals surface area contributed by atoms with Gasteiger partial charge in [0.2, 0.25) is 0 Å². The van der Waals surface area contributed by atoms with Crippen LogP contribution in [0.3, 0.4) is 0 Å². The Balaban J connectivity index is 2.64. The number of rotatable bonds is 2. The molecule has 82 valence electrons. The van der Waals surface area contributed by atoms with Crippen molar-refractivity contribution in [3.63, 3.8) is 0 Å². The van der Waals surface area contributed by atoms with Crippen LogP contribution in [-0.2, 0) is 11.0 Å². The number of pyridine rings is 1. The molecule has 0 aliphatic carbocycles. The van der Waals surface area contributed by atoms with E-state index in [-0.39, 0.29) is 5.56 Å². The largest absolute Gasteiger partial charge is 0.270 e. The van der Waals surface area contributed by atoms with Crippen molar-refractivity contribution in [2.45, 2.75) is 0 Å². The minimum atomic E-state index is -1.32. The molecule has 0 aliphatic rings. The molecule has 0 bridgehead atoms. The van der Waals surface area contributed by atoms with Gasteiger partial charge >= 0.3 is 0 Å². The number of aromatic nitrogens is 1. The van der Waals surface area contributed by atoms with E-state index in [2.05, 4.69) is 0 Å². The second-order valence-electron chi connectivity index (χ2n) is 3.34. The molecule has 0 fully saturated rings. The third-order valence-electron chi connectivity index (χ3n) is 2.28.